The molecule has 142 valence electrons. The smallest absolute Gasteiger partial charge is 0.337 e. The van der Waals surface area contributed by atoms with Gasteiger partial charge in [-0.25, -0.2) is 9.78 Å². The van der Waals surface area contributed by atoms with E-state index in [-0.39, 0.29) is 11.3 Å². The molecule has 0 aliphatic carbocycles. The normalized spacial score (nSPS) is 10.2. The number of hydrogen-bond donors (Lipinski definition) is 2. The van der Waals surface area contributed by atoms with Gasteiger partial charge in [-0.1, -0.05) is 17.7 Å². The summed E-state index contributed by atoms with van der Waals surface area (Å²) < 4.78 is 4.67. The summed E-state index contributed by atoms with van der Waals surface area (Å²) in [7, 11) is 1.28. The van der Waals surface area contributed by atoms with Gasteiger partial charge in [-0.05, 0) is 42.5 Å². The zero-order valence-corrected chi connectivity index (χ0v) is 15.7. The zero-order chi connectivity index (χ0) is 19.9. The van der Waals surface area contributed by atoms with Crippen LogP contribution in [0.5, 0.6) is 0 Å². The van der Waals surface area contributed by atoms with Gasteiger partial charge in [-0.2, -0.15) is 0 Å². The molecule has 1 amide bonds. The Labute approximate surface area is 166 Å². The maximum absolute atomic E-state index is 12.4. The number of anilines is 2. The molecule has 3 rings (SSSR count). The van der Waals surface area contributed by atoms with Crippen LogP contribution in [0.15, 0.2) is 60.9 Å². The summed E-state index contributed by atoms with van der Waals surface area (Å²) in [5.41, 5.74) is 2.44. The van der Waals surface area contributed by atoms with Crippen molar-refractivity contribution in [3.05, 3.63) is 82.9 Å². The molecule has 7 nitrogen and oxygen atoms in total. The van der Waals surface area contributed by atoms with Gasteiger partial charge in [0.2, 0.25) is 0 Å². The Bertz CT molecular complexity index is 979. The van der Waals surface area contributed by atoms with E-state index in [4.69, 9.17) is 11.6 Å². The van der Waals surface area contributed by atoms with Crippen LogP contribution >= 0.6 is 11.6 Å². The fourth-order valence-corrected chi connectivity index (χ4v) is 2.55. The van der Waals surface area contributed by atoms with Crippen molar-refractivity contribution in [2.45, 2.75) is 6.54 Å². The second-order valence-electron chi connectivity index (χ2n) is 5.75. The number of nitrogens with one attached hydrogen (secondary N) is 2. The minimum atomic E-state index is -0.520. The molecular formula is C20H17ClN4O3. The van der Waals surface area contributed by atoms with Crippen LogP contribution < -0.4 is 10.6 Å². The number of nitrogens with zero attached hydrogens (tertiary/aromatic N) is 2. The molecule has 0 saturated heterocycles. The number of rotatable bonds is 6. The Balaban J connectivity index is 1.65. The van der Waals surface area contributed by atoms with E-state index in [1.807, 2.05) is 18.2 Å². The van der Waals surface area contributed by atoms with Crippen LogP contribution in [0.3, 0.4) is 0 Å². The van der Waals surface area contributed by atoms with Gasteiger partial charge < -0.3 is 15.4 Å². The molecule has 0 bridgehead atoms. The van der Waals surface area contributed by atoms with Crippen molar-refractivity contribution >= 4 is 34.9 Å². The molecule has 0 aliphatic rings. The molecular weight excluding hydrogens is 380 g/mol. The van der Waals surface area contributed by atoms with Crippen molar-refractivity contribution in [1.29, 1.82) is 0 Å². The van der Waals surface area contributed by atoms with Crippen molar-refractivity contribution in [2.24, 2.45) is 0 Å². The van der Waals surface area contributed by atoms with Gasteiger partial charge in [0.25, 0.3) is 5.91 Å². The summed E-state index contributed by atoms with van der Waals surface area (Å²) in [6, 6.07) is 13.5. The highest BCUT2D eigenvalue weighted by atomic mass is 35.5. The summed E-state index contributed by atoms with van der Waals surface area (Å²) in [6.07, 6.45) is 3.29. The maximum atomic E-state index is 12.4. The second kappa shape index (κ2) is 8.96. The van der Waals surface area contributed by atoms with Crippen molar-refractivity contribution in [3.63, 3.8) is 0 Å². The van der Waals surface area contributed by atoms with Crippen LogP contribution in [0.4, 0.5) is 11.4 Å². The standard InChI is InChI=1S/C20H17ClN4O3/c1-28-20(27)13-5-7-16(21)18(10-13)25-19(26)17-8-6-15(12-24-17)23-11-14-4-2-3-9-22-14/h2-10,12,23H,11H2,1H3,(H,25,26). The number of carbonyl (C=O) groups excluding carboxylic acids is 2. The van der Waals surface area contributed by atoms with Gasteiger partial charge in [0.1, 0.15) is 5.69 Å². The lowest BCUT2D eigenvalue weighted by Crippen LogP contribution is -2.15. The summed E-state index contributed by atoms with van der Waals surface area (Å²) in [6.45, 7) is 0.546. The molecule has 3 aromatic rings. The predicted octanol–water partition coefficient (Wildman–Crippen LogP) is 3.78. The molecule has 0 unspecified atom stereocenters. The number of amides is 1. The second-order valence-corrected chi connectivity index (χ2v) is 6.15. The number of halogens is 1. The van der Waals surface area contributed by atoms with E-state index in [0.29, 0.717) is 17.3 Å². The fraction of sp³-hybridized carbons (Fsp3) is 0.100. The van der Waals surface area contributed by atoms with Crippen molar-refractivity contribution in [2.75, 3.05) is 17.7 Å². The van der Waals surface area contributed by atoms with E-state index in [2.05, 4.69) is 25.3 Å². The number of aromatic nitrogens is 2. The Hall–Kier alpha value is -3.45. The number of methoxy groups -OCH3 is 1. The molecule has 8 heteroatoms. The molecule has 0 aliphatic heterocycles. The molecule has 28 heavy (non-hydrogen) atoms. The highest BCUT2D eigenvalue weighted by Crippen LogP contribution is 2.24. The van der Waals surface area contributed by atoms with E-state index >= 15 is 0 Å². The average Bonchev–Trinajstić information content (AvgIpc) is 2.74. The zero-order valence-electron chi connectivity index (χ0n) is 15.0. The van der Waals surface area contributed by atoms with Crippen molar-refractivity contribution in [1.82, 2.24) is 9.97 Å². The largest absolute Gasteiger partial charge is 0.465 e. The third kappa shape index (κ3) is 4.83. The highest BCUT2D eigenvalue weighted by Gasteiger charge is 2.13. The molecule has 2 aromatic heterocycles. The van der Waals surface area contributed by atoms with Crippen LogP contribution in [0.2, 0.25) is 5.02 Å². The van der Waals surface area contributed by atoms with Gasteiger partial charge in [0.15, 0.2) is 0 Å². The number of hydrogen-bond acceptors (Lipinski definition) is 6. The monoisotopic (exact) mass is 396 g/mol. The third-order valence-corrected chi connectivity index (χ3v) is 4.16. The quantitative estimate of drug-likeness (QED) is 0.616. The van der Waals surface area contributed by atoms with E-state index in [1.54, 1.807) is 24.5 Å². The van der Waals surface area contributed by atoms with Crippen molar-refractivity contribution < 1.29 is 14.3 Å². The number of esters is 1. The van der Waals surface area contributed by atoms with Crippen LogP contribution in [0.25, 0.3) is 0 Å². The first-order valence-corrected chi connectivity index (χ1v) is 8.73. The third-order valence-electron chi connectivity index (χ3n) is 3.83. The molecule has 0 spiro atoms. The topological polar surface area (TPSA) is 93.2 Å². The molecule has 0 radical (unpaired) electrons. The van der Waals surface area contributed by atoms with Gasteiger partial charge >= 0.3 is 5.97 Å². The van der Waals surface area contributed by atoms with Gasteiger partial charge in [0, 0.05) is 6.20 Å². The lowest BCUT2D eigenvalue weighted by atomic mass is 10.2. The van der Waals surface area contributed by atoms with E-state index in [1.165, 1.54) is 25.3 Å². The maximum Gasteiger partial charge on any atom is 0.337 e. The molecule has 1 aromatic carbocycles. The Morgan fingerprint density at radius 3 is 2.64 bits per heavy atom. The number of carbonyl (C=O) groups is 2. The SMILES string of the molecule is COC(=O)c1ccc(Cl)c(NC(=O)c2ccc(NCc3ccccn3)cn2)c1. The average molecular weight is 397 g/mol. The van der Waals surface area contributed by atoms with Gasteiger partial charge in [-0.3, -0.25) is 9.78 Å². The first kappa shape index (κ1) is 19.3. The van der Waals surface area contributed by atoms with Crippen LogP contribution in [-0.2, 0) is 11.3 Å². The first-order valence-electron chi connectivity index (χ1n) is 8.36. The lowest BCUT2D eigenvalue weighted by molar-refractivity contribution is 0.0600. The van der Waals surface area contributed by atoms with Gasteiger partial charge in [0.05, 0.1) is 47.5 Å². The summed E-state index contributed by atoms with van der Waals surface area (Å²) in [5.74, 6) is -0.964. The van der Waals surface area contributed by atoms with Gasteiger partial charge in [-0.15, -0.1) is 0 Å². The molecule has 2 heterocycles. The minimum absolute atomic E-state index is 0.211. The van der Waals surface area contributed by atoms with E-state index < -0.39 is 11.9 Å². The Morgan fingerprint density at radius 1 is 1.11 bits per heavy atom. The minimum Gasteiger partial charge on any atom is -0.465 e. The van der Waals surface area contributed by atoms with Crippen LogP contribution in [0.1, 0.15) is 26.5 Å². The summed E-state index contributed by atoms with van der Waals surface area (Å²) >= 11 is 6.10. The summed E-state index contributed by atoms with van der Waals surface area (Å²) in [5, 5.41) is 6.14. The molecule has 0 saturated carbocycles. The molecule has 0 atom stereocenters. The lowest BCUT2D eigenvalue weighted by Gasteiger charge is -2.09. The number of ether oxygens (including phenoxy) is 1. The van der Waals surface area contributed by atoms with E-state index in [0.717, 1.165) is 11.4 Å². The predicted molar refractivity (Wildman–Crippen MR) is 107 cm³/mol. The van der Waals surface area contributed by atoms with Crippen LogP contribution in [0, 0.1) is 0 Å². The number of benzene rings is 1. The van der Waals surface area contributed by atoms with E-state index in [9.17, 15) is 9.59 Å². The Kier molecular flexibility index (Phi) is 6.18. The van der Waals surface area contributed by atoms with Crippen LogP contribution in [-0.4, -0.2) is 29.0 Å². The summed E-state index contributed by atoms with van der Waals surface area (Å²) in [4.78, 5) is 32.4. The molecule has 2 N–H and O–H groups in total. The molecule has 0 fully saturated rings. The first-order chi connectivity index (χ1) is 13.6. The Morgan fingerprint density at radius 2 is 1.96 bits per heavy atom. The fourth-order valence-electron chi connectivity index (χ4n) is 2.38. The highest BCUT2D eigenvalue weighted by molar-refractivity contribution is 6.34. The van der Waals surface area contributed by atoms with Crippen molar-refractivity contribution in [3.8, 4) is 0 Å². The number of pyridine rings is 2.